The van der Waals surface area contributed by atoms with Crippen LogP contribution in [-0.4, -0.2) is 53.6 Å². The van der Waals surface area contributed by atoms with Gasteiger partial charge in [-0.1, -0.05) is 20.3 Å². The Hall–Kier alpha value is -2.70. The molecule has 0 spiro atoms. The van der Waals surface area contributed by atoms with E-state index in [1.54, 1.807) is 19.1 Å². The van der Waals surface area contributed by atoms with E-state index in [9.17, 15) is 9.59 Å². The number of carbonyl (C=O) groups is 2. The van der Waals surface area contributed by atoms with E-state index in [4.69, 9.17) is 9.47 Å². The van der Waals surface area contributed by atoms with Crippen LogP contribution >= 0.6 is 0 Å². The van der Waals surface area contributed by atoms with E-state index >= 15 is 0 Å². The van der Waals surface area contributed by atoms with Gasteiger partial charge < -0.3 is 24.3 Å². The van der Waals surface area contributed by atoms with Crippen LogP contribution in [0.5, 0.6) is 11.5 Å². The molecule has 4 rings (SSSR count). The van der Waals surface area contributed by atoms with E-state index in [1.807, 2.05) is 29.7 Å². The maximum atomic E-state index is 13.8. The number of nitrogens with one attached hydrogen (secondary N) is 1. The van der Waals surface area contributed by atoms with Crippen molar-refractivity contribution in [2.75, 3.05) is 20.8 Å². The molecule has 180 valence electrons. The quantitative estimate of drug-likeness (QED) is 0.673. The highest BCUT2D eigenvalue weighted by Gasteiger charge is 2.48. The fourth-order valence-electron chi connectivity index (χ4n) is 5.37. The fourth-order valence-corrected chi connectivity index (χ4v) is 5.37. The summed E-state index contributed by atoms with van der Waals surface area (Å²) in [6.07, 6.45) is 6.05. The lowest BCUT2D eigenvalue weighted by Crippen LogP contribution is -2.65. The first-order valence-electron chi connectivity index (χ1n) is 12.2. The number of fused-ring (bicyclic) bond motifs is 3. The van der Waals surface area contributed by atoms with Gasteiger partial charge in [-0.25, -0.2) is 0 Å². The second-order valence-corrected chi connectivity index (χ2v) is 9.86. The normalized spacial score (nSPS) is 25.1. The van der Waals surface area contributed by atoms with Gasteiger partial charge in [-0.15, -0.1) is 0 Å². The van der Waals surface area contributed by atoms with Crippen molar-refractivity contribution in [2.24, 2.45) is 5.92 Å². The van der Waals surface area contributed by atoms with Gasteiger partial charge in [-0.05, 0) is 63.1 Å². The Morgan fingerprint density at radius 2 is 1.82 bits per heavy atom. The summed E-state index contributed by atoms with van der Waals surface area (Å²) in [5.41, 5.74) is 0.379. The number of carbonyl (C=O) groups excluding carboxylic acids is 2. The zero-order chi connectivity index (χ0) is 23.8. The Morgan fingerprint density at radius 1 is 1.15 bits per heavy atom. The van der Waals surface area contributed by atoms with Crippen molar-refractivity contribution >= 4 is 22.7 Å². The Bertz CT molecular complexity index is 1040. The van der Waals surface area contributed by atoms with Crippen molar-refractivity contribution in [2.45, 2.75) is 77.4 Å². The van der Waals surface area contributed by atoms with Crippen LogP contribution in [0.25, 0.3) is 10.9 Å². The summed E-state index contributed by atoms with van der Waals surface area (Å²) in [7, 11) is 3.24. The molecule has 1 unspecified atom stereocenters. The SMILES string of the molecule is CCCCN1C(=O)c2cc3c(OC)ccc(OC)c3n2CC1(C)C(=O)NC1CCC(C)CC1. The minimum Gasteiger partial charge on any atom is -0.496 e. The molecule has 0 saturated heterocycles. The van der Waals surface area contributed by atoms with Gasteiger partial charge in [0.05, 0.1) is 26.3 Å². The second-order valence-electron chi connectivity index (χ2n) is 9.86. The largest absolute Gasteiger partial charge is 0.496 e. The standard InChI is InChI=1S/C26H37N3O4/c1-6-7-14-29-24(30)20-15-19-21(32-4)12-13-22(33-5)23(19)28(20)16-26(29,3)25(31)27-18-10-8-17(2)9-11-18/h12-13,15,17-18H,6-11,14,16H2,1-5H3,(H,27,31). The van der Waals surface area contributed by atoms with E-state index in [-0.39, 0.29) is 17.9 Å². The second kappa shape index (κ2) is 9.27. The monoisotopic (exact) mass is 455 g/mol. The van der Waals surface area contributed by atoms with Gasteiger partial charge >= 0.3 is 0 Å². The summed E-state index contributed by atoms with van der Waals surface area (Å²) >= 11 is 0. The van der Waals surface area contributed by atoms with E-state index in [0.29, 0.717) is 36.2 Å². The minimum absolute atomic E-state index is 0.0686. The number of amides is 2. The molecule has 1 fully saturated rings. The summed E-state index contributed by atoms with van der Waals surface area (Å²) < 4.78 is 13.2. The summed E-state index contributed by atoms with van der Waals surface area (Å²) in [5.74, 6) is 1.87. The molecule has 0 radical (unpaired) electrons. The molecule has 0 bridgehead atoms. The third-order valence-corrected chi connectivity index (χ3v) is 7.52. The first kappa shape index (κ1) is 23.5. The molecule has 33 heavy (non-hydrogen) atoms. The molecule has 1 N–H and O–H groups in total. The van der Waals surface area contributed by atoms with Gasteiger partial charge in [0.15, 0.2) is 0 Å². The average Bonchev–Trinajstić information content (AvgIpc) is 3.19. The van der Waals surface area contributed by atoms with Gasteiger partial charge in [-0.3, -0.25) is 9.59 Å². The number of hydrogen-bond acceptors (Lipinski definition) is 4. The van der Waals surface area contributed by atoms with Gasteiger partial charge in [0.2, 0.25) is 5.91 Å². The summed E-state index contributed by atoms with van der Waals surface area (Å²) in [5, 5.41) is 4.12. The molecular weight excluding hydrogens is 418 g/mol. The Labute approximate surface area is 196 Å². The lowest BCUT2D eigenvalue weighted by Gasteiger charge is -2.45. The minimum atomic E-state index is -0.984. The molecule has 2 heterocycles. The molecule has 7 nitrogen and oxygen atoms in total. The Balaban J connectivity index is 1.76. The van der Waals surface area contributed by atoms with Crippen LogP contribution in [0.2, 0.25) is 0 Å². The number of aromatic nitrogens is 1. The van der Waals surface area contributed by atoms with Crippen LogP contribution in [-0.2, 0) is 11.3 Å². The van der Waals surface area contributed by atoms with Gasteiger partial charge in [-0.2, -0.15) is 0 Å². The predicted octanol–water partition coefficient (Wildman–Crippen LogP) is 4.37. The predicted molar refractivity (Wildman–Crippen MR) is 129 cm³/mol. The summed E-state index contributed by atoms with van der Waals surface area (Å²) in [6, 6.07) is 5.75. The van der Waals surface area contributed by atoms with Crippen LogP contribution in [0.4, 0.5) is 0 Å². The molecule has 1 saturated carbocycles. The van der Waals surface area contributed by atoms with Crippen molar-refractivity contribution in [3.63, 3.8) is 0 Å². The highest BCUT2D eigenvalue weighted by Crippen LogP contribution is 2.40. The average molecular weight is 456 g/mol. The van der Waals surface area contributed by atoms with Crippen LogP contribution in [0, 0.1) is 5.92 Å². The smallest absolute Gasteiger partial charge is 0.271 e. The van der Waals surface area contributed by atoms with E-state index in [0.717, 1.165) is 49.4 Å². The Morgan fingerprint density at radius 3 is 2.45 bits per heavy atom. The fraction of sp³-hybridized carbons (Fsp3) is 0.615. The van der Waals surface area contributed by atoms with E-state index < -0.39 is 5.54 Å². The highest BCUT2D eigenvalue weighted by atomic mass is 16.5. The Kier molecular flexibility index (Phi) is 6.59. The van der Waals surface area contributed by atoms with Crippen LogP contribution in [0.1, 0.15) is 69.8 Å². The summed E-state index contributed by atoms with van der Waals surface area (Å²) in [6.45, 7) is 7.20. The molecule has 1 aliphatic carbocycles. The number of hydrogen-bond donors (Lipinski definition) is 1. The molecule has 7 heteroatoms. The zero-order valence-electron chi connectivity index (χ0n) is 20.6. The number of unbranched alkanes of at least 4 members (excludes halogenated alkanes) is 1. The van der Waals surface area contributed by atoms with Gasteiger partial charge in [0.1, 0.15) is 22.7 Å². The maximum absolute atomic E-state index is 13.8. The highest BCUT2D eigenvalue weighted by molar-refractivity contribution is 6.05. The molecule has 1 aromatic heterocycles. The lowest BCUT2D eigenvalue weighted by molar-refractivity contribution is -0.133. The van der Waals surface area contributed by atoms with Crippen molar-refractivity contribution in [3.05, 3.63) is 23.9 Å². The number of rotatable bonds is 7. The molecule has 1 aromatic carbocycles. The molecule has 2 amide bonds. The van der Waals surface area contributed by atoms with Crippen LogP contribution in [0.3, 0.4) is 0 Å². The molecule has 2 aliphatic rings. The van der Waals surface area contributed by atoms with Gasteiger partial charge in [0, 0.05) is 18.0 Å². The van der Waals surface area contributed by atoms with E-state index in [1.165, 1.54) is 0 Å². The van der Waals surface area contributed by atoms with Crippen molar-refractivity contribution < 1.29 is 19.1 Å². The van der Waals surface area contributed by atoms with Crippen LogP contribution in [0.15, 0.2) is 18.2 Å². The van der Waals surface area contributed by atoms with Crippen molar-refractivity contribution in [3.8, 4) is 11.5 Å². The van der Waals surface area contributed by atoms with Crippen LogP contribution < -0.4 is 14.8 Å². The van der Waals surface area contributed by atoms with E-state index in [2.05, 4.69) is 19.2 Å². The maximum Gasteiger partial charge on any atom is 0.271 e. The lowest BCUT2D eigenvalue weighted by atomic mass is 9.86. The zero-order valence-corrected chi connectivity index (χ0v) is 20.6. The first-order chi connectivity index (χ1) is 15.8. The summed E-state index contributed by atoms with van der Waals surface area (Å²) in [4.78, 5) is 29.3. The topological polar surface area (TPSA) is 72.8 Å². The molecule has 1 aliphatic heterocycles. The number of methoxy groups -OCH3 is 2. The molecule has 1 atom stereocenters. The van der Waals surface area contributed by atoms with Crippen molar-refractivity contribution in [1.29, 1.82) is 0 Å². The third kappa shape index (κ3) is 4.06. The van der Waals surface area contributed by atoms with Gasteiger partial charge in [0.25, 0.3) is 5.91 Å². The number of benzene rings is 1. The molecular formula is C26H37N3O4. The molecule has 2 aromatic rings. The number of nitrogens with zero attached hydrogens (tertiary/aromatic N) is 2. The van der Waals surface area contributed by atoms with Crippen molar-refractivity contribution in [1.82, 2.24) is 14.8 Å². The first-order valence-corrected chi connectivity index (χ1v) is 12.2. The number of ether oxygens (including phenoxy) is 2. The third-order valence-electron chi connectivity index (χ3n) is 7.52.